The topological polar surface area (TPSA) is 87.7 Å². The van der Waals surface area contributed by atoms with E-state index in [4.69, 9.17) is 4.74 Å². The molecule has 0 saturated carbocycles. The van der Waals surface area contributed by atoms with Gasteiger partial charge in [-0.3, -0.25) is 14.5 Å². The molecule has 0 aliphatic rings. The molecule has 0 aromatic heterocycles. The molecule has 2 aromatic rings. The molecule has 0 fully saturated rings. The standard InChI is InChI=1S/C32H47N3O4/c1-22(2)18-19-35(8)28(20-23(3)4)30(37)33-27(29(36)34-32(5,6)7)21-24-14-16-26(17-15-24)39-31(38)25-12-10-9-11-13-25/h9-17,22-23,27-28H,18-21H2,1-8H3,(H,33,37)(H,34,36)/t27-,28+/m1/s1. The molecule has 2 aromatic carbocycles. The molecule has 2 atom stereocenters. The van der Waals surface area contributed by atoms with E-state index in [0.717, 1.165) is 18.5 Å². The Morgan fingerprint density at radius 3 is 2.03 bits per heavy atom. The van der Waals surface area contributed by atoms with Crippen LogP contribution < -0.4 is 15.4 Å². The van der Waals surface area contributed by atoms with Crippen LogP contribution in [0.1, 0.15) is 77.2 Å². The Labute approximate surface area is 234 Å². The first-order chi connectivity index (χ1) is 18.2. The van der Waals surface area contributed by atoms with E-state index in [0.29, 0.717) is 36.0 Å². The lowest BCUT2D eigenvalue weighted by Gasteiger charge is -2.31. The zero-order chi connectivity index (χ0) is 29.2. The summed E-state index contributed by atoms with van der Waals surface area (Å²) in [6.45, 7) is 15.1. The molecule has 0 aliphatic heterocycles. The molecule has 2 rings (SSSR count). The zero-order valence-electron chi connectivity index (χ0n) is 24.9. The number of nitrogens with one attached hydrogen (secondary N) is 2. The van der Waals surface area contributed by atoms with Crippen molar-refractivity contribution in [2.45, 2.75) is 85.4 Å². The molecule has 2 N–H and O–H groups in total. The number of carbonyl (C=O) groups is 3. The number of esters is 1. The first-order valence-corrected chi connectivity index (χ1v) is 13.9. The molecule has 0 spiro atoms. The van der Waals surface area contributed by atoms with E-state index in [1.54, 1.807) is 36.4 Å². The van der Waals surface area contributed by atoms with Crippen molar-refractivity contribution in [3.63, 3.8) is 0 Å². The number of nitrogens with zero attached hydrogens (tertiary/aromatic N) is 1. The van der Waals surface area contributed by atoms with Crippen LogP contribution in [-0.4, -0.2) is 53.9 Å². The van der Waals surface area contributed by atoms with Crippen LogP contribution in [0.4, 0.5) is 0 Å². The first-order valence-electron chi connectivity index (χ1n) is 13.9. The smallest absolute Gasteiger partial charge is 0.343 e. The molecule has 39 heavy (non-hydrogen) atoms. The van der Waals surface area contributed by atoms with Crippen LogP contribution >= 0.6 is 0 Å². The Balaban J connectivity index is 2.18. The second-order valence-electron chi connectivity index (χ2n) is 12.2. The van der Waals surface area contributed by atoms with E-state index >= 15 is 0 Å². The maximum Gasteiger partial charge on any atom is 0.343 e. The van der Waals surface area contributed by atoms with Gasteiger partial charge in [0.2, 0.25) is 11.8 Å². The first kappa shape index (κ1) is 32.0. The highest BCUT2D eigenvalue weighted by Gasteiger charge is 2.30. The number of ether oxygens (including phenoxy) is 1. The summed E-state index contributed by atoms with van der Waals surface area (Å²) in [5.74, 6) is 0.471. The van der Waals surface area contributed by atoms with Gasteiger partial charge in [-0.2, -0.15) is 0 Å². The lowest BCUT2D eigenvalue weighted by Crippen LogP contribution is -2.56. The second kappa shape index (κ2) is 14.8. The van der Waals surface area contributed by atoms with Crippen molar-refractivity contribution in [1.29, 1.82) is 0 Å². The highest BCUT2D eigenvalue weighted by molar-refractivity contribution is 5.91. The maximum atomic E-state index is 13.6. The van der Waals surface area contributed by atoms with E-state index in [1.807, 2.05) is 46.0 Å². The van der Waals surface area contributed by atoms with E-state index in [9.17, 15) is 14.4 Å². The average molecular weight is 538 g/mol. The molecule has 0 bridgehead atoms. The van der Waals surface area contributed by atoms with E-state index < -0.39 is 17.6 Å². The molecule has 0 unspecified atom stereocenters. The Hall–Kier alpha value is -3.19. The monoisotopic (exact) mass is 537 g/mol. The molecule has 0 aliphatic carbocycles. The third-order valence-corrected chi connectivity index (χ3v) is 6.30. The third-order valence-electron chi connectivity index (χ3n) is 6.30. The number of hydrogen-bond donors (Lipinski definition) is 2. The van der Waals surface area contributed by atoms with E-state index in [1.165, 1.54) is 0 Å². The number of rotatable bonds is 13. The van der Waals surface area contributed by atoms with Crippen molar-refractivity contribution in [3.8, 4) is 5.75 Å². The molecule has 0 radical (unpaired) electrons. The Bertz CT molecular complexity index is 1060. The summed E-state index contributed by atoms with van der Waals surface area (Å²) in [7, 11) is 1.98. The van der Waals surface area contributed by atoms with Crippen molar-refractivity contribution < 1.29 is 19.1 Å². The lowest BCUT2D eigenvalue weighted by molar-refractivity contribution is -0.132. The fourth-order valence-electron chi connectivity index (χ4n) is 4.15. The van der Waals surface area contributed by atoms with Crippen molar-refractivity contribution in [2.24, 2.45) is 11.8 Å². The quantitative estimate of drug-likeness (QED) is 0.270. The zero-order valence-corrected chi connectivity index (χ0v) is 24.9. The Morgan fingerprint density at radius 1 is 0.872 bits per heavy atom. The van der Waals surface area contributed by atoms with Gasteiger partial charge in [0.15, 0.2) is 0 Å². The van der Waals surface area contributed by atoms with Gasteiger partial charge >= 0.3 is 5.97 Å². The average Bonchev–Trinajstić information content (AvgIpc) is 2.85. The SMILES string of the molecule is CC(C)CCN(C)[C@@H](CC(C)C)C(=O)N[C@H](Cc1ccc(OC(=O)c2ccccc2)cc1)C(=O)NC(C)(C)C. The minimum atomic E-state index is -0.748. The largest absolute Gasteiger partial charge is 0.423 e. The van der Waals surface area contributed by atoms with Crippen LogP contribution in [0.15, 0.2) is 54.6 Å². The van der Waals surface area contributed by atoms with Gasteiger partial charge in [0.25, 0.3) is 0 Å². The number of likely N-dealkylation sites (N-methyl/N-ethyl adjacent to an activating group) is 1. The minimum Gasteiger partial charge on any atom is -0.423 e. The van der Waals surface area contributed by atoms with Crippen LogP contribution in [0.25, 0.3) is 0 Å². The summed E-state index contributed by atoms with van der Waals surface area (Å²) >= 11 is 0. The molecular formula is C32H47N3O4. The summed E-state index contributed by atoms with van der Waals surface area (Å²) in [4.78, 5) is 41.3. The summed E-state index contributed by atoms with van der Waals surface area (Å²) in [5, 5.41) is 6.07. The van der Waals surface area contributed by atoms with Crippen molar-refractivity contribution >= 4 is 17.8 Å². The summed E-state index contributed by atoms with van der Waals surface area (Å²) < 4.78 is 5.48. The van der Waals surface area contributed by atoms with Gasteiger partial charge in [-0.15, -0.1) is 0 Å². The predicted molar refractivity (Wildman–Crippen MR) is 157 cm³/mol. The summed E-state index contributed by atoms with van der Waals surface area (Å²) in [6.07, 6.45) is 2.01. The molecule has 2 amide bonds. The summed E-state index contributed by atoms with van der Waals surface area (Å²) in [5.41, 5.74) is 0.871. The molecule has 0 saturated heterocycles. The molecule has 7 nitrogen and oxygen atoms in total. The molecule has 7 heteroatoms. The van der Waals surface area contributed by atoms with Crippen molar-refractivity contribution in [1.82, 2.24) is 15.5 Å². The maximum absolute atomic E-state index is 13.6. The van der Waals surface area contributed by atoms with Gasteiger partial charge in [-0.25, -0.2) is 4.79 Å². The van der Waals surface area contributed by atoms with Gasteiger partial charge in [0.1, 0.15) is 11.8 Å². The van der Waals surface area contributed by atoms with Crippen molar-refractivity contribution in [3.05, 3.63) is 65.7 Å². The van der Waals surface area contributed by atoms with E-state index in [-0.39, 0.29) is 17.9 Å². The predicted octanol–water partition coefficient (Wildman–Crippen LogP) is 5.24. The highest BCUT2D eigenvalue weighted by Crippen LogP contribution is 2.17. The van der Waals surface area contributed by atoms with Gasteiger partial charge < -0.3 is 15.4 Å². The Kier molecular flexibility index (Phi) is 12.2. The molecule has 0 heterocycles. The highest BCUT2D eigenvalue weighted by atomic mass is 16.5. The van der Waals surface area contributed by atoms with Crippen LogP contribution in [-0.2, 0) is 16.0 Å². The van der Waals surface area contributed by atoms with Crippen LogP contribution in [0, 0.1) is 11.8 Å². The fraction of sp³-hybridized carbons (Fsp3) is 0.531. The minimum absolute atomic E-state index is 0.141. The van der Waals surface area contributed by atoms with Gasteiger partial charge in [-0.05, 0) is 88.9 Å². The molecular weight excluding hydrogens is 490 g/mol. The third kappa shape index (κ3) is 11.6. The number of hydrogen-bond acceptors (Lipinski definition) is 5. The lowest BCUT2D eigenvalue weighted by atomic mass is 9.99. The summed E-state index contributed by atoms with van der Waals surface area (Å²) in [6, 6.07) is 14.8. The van der Waals surface area contributed by atoms with Gasteiger partial charge in [0, 0.05) is 12.0 Å². The van der Waals surface area contributed by atoms with Crippen molar-refractivity contribution in [2.75, 3.05) is 13.6 Å². The van der Waals surface area contributed by atoms with Gasteiger partial charge in [-0.1, -0.05) is 58.0 Å². The number of amides is 2. The van der Waals surface area contributed by atoms with Crippen LogP contribution in [0.2, 0.25) is 0 Å². The van der Waals surface area contributed by atoms with Crippen LogP contribution in [0.5, 0.6) is 5.75 Å². The number of carbonyl (C=O) groups excluding carboxylic acids is 3. The fourth-order valence-corrected chi connectivity index (χ4v) is 4.15. The van der Waals surface area contributed by atoms with Gasteiger partial charge in [0.05, 0.1) is 11.6 Å². The van der Waals surface area contributed by atoms with E-state index in [2.05, 4.69) is 43.2 Å². The number of benzene rings is 2. The normalized spacial score (nSPS) is 13.3. The molecule has 214 valence electrons. The van der Waals surface area contributed by atoms with Crippen LogP contribution in [0.3, 0.4) is 0 Å². The Morgan fingerprint density at radius 2 is 1.49 bits per heavy atom. The second-order valence-corrected chi connectivity index (χ2v) is 12.2.